The summed E-state index contributed by atoms with van der Waals surface area (Å²) < 4.78 is 5.80. The molecule has 3 heterocycles. The third-order valence-electron chi connectivity index (χ3n) is 6.18. The molecule has 2 aromatic heterocycles. The molecule has 1 aliphatic heterocycles. The van der Waals surface area contributed by atoms with Crippen molar-refractivity contribution in [2.75, 3.05) is 23.3 Å². The molecule has 1 aromatic carbocycles. The maximum atomic E-state index is 9.34. The lowest BCUT2D eigenvalue weighted by molar-refractivity contribution is 0.439. The van der Waals surface area contributed by atoms with Crippen molar-refractivity contribution in [3.63, 3.8) is 0 Å². The molecule has 7 nitrogen and oxygen atoms in total. The number of furan rings is 1. The normalized spacial score (nSPS) is 14.7. The van der Waals surface area contributed by atoms with E-state index in [1.165, 1.54) is 5.56 Å². The third-order valence-corrected chi connectivity index (χ3v) is 6.18. The number of anilines is 3. The second-order valence-electron chi connectivity index (χ2n) is 8.82. The van der Waals surface area contributed by atoms with Crippen molar-refractivity contribution in [1.82, 2.24) is 15.3 Å². The summed E-state index contributed by atoms with van der Waals surface area (Å²) in [5.41, 5.74) is 4.65. The van der Waals surface area contributed by atoms with E-state index in [1.54, 1.807) is 0 Å². The molecule has 35 heavy (non-hydrogen) atoms. The van der Waals surface area contributed by atoms with Crippen molar-refractivity contribution in [1.29, 1.82) is 5.26 Å². The molecule has 1 aliphatic rings. The smallest absolute Gasteiger partial charge is 0.229 e. The molecule has 188 valence electrons. The molecule has 0 amide bonds. The summed E-state index contributed by atoms with van der Waals surface area (Å²) in [4.78, 5) is 11.8. The molecule has 0 radical (unpaired) electrons. The first-order valence-corrected chi connectivity index (χ1v) is 11.6. The molecule has 1 atom stereocenters. The van der Waals surface area contributed by atoms with Crippen LogP contribution in [-0.4, -0.2) is 29.1 Å². The van der Waals surface area contributed by atoms with Crippen molar-refractivity contribution < 1.29 is 4.42 Å². The molecule has 0 aliphatic carbocycles. The Balaban J connectivity index is 0.00000216. The highest BCUT2D eigenvalue weighted by Crippen LogP contribution is 2.24. The number of hydrogen-bond acceptors (Lipinski definition) is 7. The van der Waals surface area contributed by atoms with Gasteiger partial charge in [0.25, 0.3) is 0 Å². The van der Waals surface area contributed by atoms with Crippen molar-refractivity contribution in [2.24, 2.45) is 0 Å². The quantitative estimate of drug-likeness (QED) is 0.392. The summed E-state index contributed by atoms with van der Waals surface area (Å²) in [5.74, 6) is 3.48. The lowest BCUT2D eigenvalue weighted by Gasteiger charge is -2.20. The fraction of sp³-hybridized carbons (Fsp3) is 0.423. The standard InChI is InChI=1S/C26H32N6O.2ClH/c1-5-6-21-13-25(31-26(29-21)30-22-8-7-17(2)20(12-22)14-27)32-10-9-23(16-32)28-15-24-11-18(3)19(4)33-24;;/h7-8,11-13,23,28H,5-6,9-10,15-16H2,1-4H3,(H,29,30,31);2*1H/t23-;;/m0../s1. The Kier molecular flexibility index (Phi) is 10.4. The largest absolute Gasteiger partial charge is 0.465 e. The van der Waals surface area contributed by atoms with Crippen LogP contribution in [0.15, 0.2) is 34.7 Å². The Morgan fingerprint density at radius 2 is 1.91 bits per heavy atom. The molecule has 9 heteroatoms. The van der Waals surface area contributed by atoms with Gasteiger partial charge in [0.15, 0.2) is 0 Å². The number of benzene rings is 1. The summed E-state index contributed by atoms with van der Waals surface area (Å²) in [6, 6.07) is 12.6. The molecule has 3 aromatic rings. The molecule has 0 unspecified atom stereocenters. The van der Waals surface area contributed by atoms with E-state index in [9.17, 15) is 5.26 Å². The van der Waals surface area contributed by atoms with E-state index in [0.29, 0.717) is 17.6 Å². The minimum absolute atomic E-state index is 0. The molecule has 1 saturated heterocycles. The first-order valence-electron chi connectivity index (χ1n) is 11.6. The SMILES string of the molecule is CCCc1cc(N2CC[C@H](NCc3cc(C)c(C)o3)C2)nc(Nc2ccc(C)c(C#N)c2)n1.Cl.Cl. The van der Waals surface area contributed by atoms with Crippen LogP contribution in [0.5, 0.6) is 0 Å². The molecular weight excluding hydrogens is 483 g/mol. The van der Waals surface area contributed by atoms with E-state index >= 15 is 0 Å². The topological polar surface area (TPSA) is 90.0 Å². The second-order valence-corrected chi connectivity index (χ2v) is 8.82. The van der Waals surface area contributed by atoms with E-state index in [-0.39, 0.29) is 24.8 Å². The number of aryl methyl sites for hydroxylation is 4. The predicted octanol–water partition coefficient (Wildman–Crippen LogP) is 5.77. The summed E-state index contributed by atoms with van der Waals surface area (Å²) in [6.07, 6.45) is 2.97. The van der Waals surface area contributed by atoms with Gasteiger partial charge < -0.3 is 20.0 Å². The molecule has 1 fully saturated rings. The lowest BCUT2D eigenvalue weighted by Crippen LogP contribution is -2.32. The minimum atomic E-state index is 0. The molecule has 2 N–H and O–H groups in total. The van der Waals surface area contributed by atoms with E-state index < -0.39 is 0 Å². The van der Waals surface area contributed by atoms with E-state index in [2.05, 4.69) is 47.6 Å². The van der Waals surface area contributed by atoms with Gasteiger partial charge in [0.2, 0.25) is 5.95 Å². The van der Waals surface area contributed by atoms with Gasteiger partial charge in [-0.05, 0) is 62.9 Å². The van der Waals surface area contributed by atoms with Crippen LogP contribution in [0, 0.1) is 32.1 Å². The Hall–Kier alpha value is -2.79. The zero-order valence-corrected chi connectivity index (χ0v) is 22.4. The molecular formula is C26H34Cl2N6O. The molecule has 0 bridgehead atoms. The van der Waals surface area contributed by atoms with Gasteiger partial charge in [0.05, 0.1) is 18.2 Å². The van der Waals surface area contributed by atoms with Crippen molar-refractivity contribution in [2.45, 2.75) is 59.5 Å². The number of aromatic nitrogens is 2. The van der Waals surface area contributed by atoms with Gasteiger partial charge in [0.1, 0.15) is 17.3 Å². The van der Waals surface area contributed by atoms with Crippen LogP contribution < -0.4 is 15.5 Å². The van der Waals surface area contributed by atoms with Gasteiger partial charge in [-0.2, -0.15) is 10.2 Å². The van der Waals surface area contributed by atoms with Gasteiger partial charge >= 0.3 is 0 Å². The average Bonchev–Trinajstić information content (AvgIpc) is 3.40. The van der Waals surface area contributed by atoms with Crippen LogP contribution in [-0.2, 0) is 13.0 Å². The van der Waals surface area contributed by atoms with Gasteiger partial charge in [-0.3, -0.25) is 0 Å². The number of hydrogen-bond donors (Lipinski definition) is 2. The average molecular weight is 518 g/mol. The van der Waals surface area contributed by atoms with Gasteiger partial charge in [-0.25, -0.2) is 4.98 Å². The number of halogens is 2. The number of rotatable bonds is 8. The van der Waals surface area contributed by atoms with Crippen molar-refractivity contribution in [3.05, 3.63) is 64.2 Å². The highest BCUT2D eigenvalue weighted by Gasteiger charge is 2.24. The summed E-state index contributed by atoms with van der Waals surface area (Å²) in [5, 5.41) is 16.3. The maximum Gasteiger partial charge on any atom is 0.229 e. The third kappa shape index (κ3) is 7.11. The Morgan fingerprint density at radius 1 is 1.11 bits per heavy atom. The summed E-state index contributed by atoms with van der Waals surface area (Å²) in [6.45, 7) is 10.7. The van der Waals surface area contributed by atoms with Crippen molar-refractivity contribution in [3.8, 4) is 6.07 Å². The van der Waals surface area contributed by atoms with Crippen LogP contribution in [0.1, 0.15) is 53.7 Å². The highest BCUT2D eigenvalue weighted by molar-refractivity contribution is 5.85. The fourth-order valence-corrected chi connectivity index (χ4v) is 4.15. The Labute approximate surface area is 220 Å². The predicted molar refractivity (Wildman–Crippen MR) is 145 cm³/mol. The number of nitrogens with one attached hydrogen (secondary N) is 2. The van der Waals surface area contributed by atoms with Crippen LogP contribution in [0.25, 0.3) is 0 Å². The Bertz CT molecular complexity index is 1150. The monoisotopic (exact) mass is 516 g/mol. The van der Waals surface area contributed by atoms with Crippen LogP contribution in [0.4, 0.5) is 17.5 Å². The fourth-order valence-electron chi connectivity index (χ4n) is 4.15. The highest BCUT2D eigenvalue weighted by atomic mass is 35.5. The van der Waals surface area contributed by atoms with E-state index in [1.807, 2.05) is 32.0 Å². The Morgan fingerprint density at radius 3 is 2.60 bits per heavy atom. The minimum Gasteiger partial charge on any atom is -0.465 e. The first-order chi connectivity index (χ1) is 15.9. The number of nitrogens with zero attached hydrogens (tertiary/aromatic N) is 4. The van der Waals surface area contributed by atoms with Gasteiger partial charge in [-0.15, -0.1) is 24.8 Å². The van der Waals surface area contributed by atoms with Crippen LogP contribution in [0.3, 0.4) is 0 Å². The number of nitriles is 1. The molecule has 0 saturated carbocycles. The van der Waals surface area contributed by atoms with Gasteiger partial charge in [-0.1, -0.05) is 19.4 Å². The van der Waals surface area contributed by atoms with Crippen molar-refractivity contribution >= 4 is 42.3 Å². The second kappa shape index (κ2) is 12.8. The lowest BCUT2D eigenvalue weighted by atomic mass is 10.1. The zero-order chi connectivity index (χ0) is 23.4. The zero-order valence-electron chi connectivity index (χ0n) is 20.7. The van der Waals surface area contributed by atoms with E-state index in [4.69, 9.17) is 14.4 Å². The summed E-state index contributed by atoms with van der Waals surface area (Å²) >= 11 is 0. The van der Waals surface area contributed by atoms with Gasteiger partial charge in [0, 0.05) is 36.6 Å². The maximum absolute atomic E-state index is 9.34. The molecule has 0 spiro atoms. The molecule has 4 rings (SSSR count). The van der Waals surface area contributed by atoms with Crippen LogP contribution in [0.2, 0.25) is 0 Å². The van der Waals surface area contributed by atoms with Crippen LogP contribution >= 0.6 is 24.8 Å². The summed E-state index contributed by atoms with van der Waals surface area (Å²) in [7, 11) is 0. The first kappa shape index (κ1) is 28.4. The van der Waals surface area contributed by atoms with E-state index in [0.717, 1.165) is 73.2 Å².